The maximum absolute atomic E-state index is 12.8. The Morgan fingerprint density at radius 1 is 1.09 bits per heavy atom. The Morgan fingerprint density at radius 2 is 1.82 bits per heavy atom. The molecule has 2 aromatic heterocycles. The zero-order chi connectivity index (χ0) is 23.4. The lowest BCUT2D eigenvalue weighted by Crippen LogP contribution is -2.16. The van der Waals surface area contributed by atoms with Crippen LogP contribution in [0.4, 0.5) is 5.82 Å². The van der Waals surface area contributed by atoms with Crippen molar-refractivity contribution in [1.82, 2.24) is 14.8 Å². The Hall–Kier alpha value is -3.43. The van der Waals surface area contributed by atoms with Crippen molar-refractivity contribution < 1.29 is 9.59 Å². The van der Waals surface area contributed by atoms with Gasteiger partial charge in [0.15, 0.2) is 4.34 Å². The van der Waals surface area contributed by atoms with Gasteiger partial charge in [-0.2, -0.15) is 5.10 Å². The minimum atomic E-state index is -0.394. The fourth-order valence-corrected chi connectivity index (χ4v) is 5.24. The number of nitrogens with one attached hydrogen (secondary N) is 1. The molecule has 2 heterocycles. The maximum Gasteiger partial charge on any atom is 0.235 e. The molecule has 0 spiro atoms. The Kier molecular flexibility index (Phi) is 6.90. The summed E-state index contributed by atoms with van der Waals surface area (Å²) in [5.41, 5.74) is 9.82. The first kappa shape index (κ1) is 22.8. The third-order valence-electron chi connectivity index (χ3n) is 4.86. The lowest BCUT2D eigenvalue weighted by atomic mass is 10.1. The Morgan fingerprint density at radius 3 is 2.52 bits per heavy atom. The van der Waals surface area contributed by atoms with Crippen LogP contribution in [0, 0.1) is 13.8 Å². The van der Waals surface area contributed by atoms with E-state index in [1.54, 1.807) is 4.68 Å². The molecule has 0 saturated heterocycles. The number of nitrogens with zero attached hydrogens (tertiary/aromatic N) is 3. The van der Waals surface area contributed by atoms with Gasteiger partial charge in [-0.1, -0.05) is 59.8 Å². The number of aryl methyl sites for hydroxylation is 2. The van der Waals surface area contributed by atoms with Crippen LogP contribution >= 0.6 is 23.1 Å². The Balaban J connectivity index is 1.52. The summed E-state index contributed by atoms with van der Waals surface area (Å²) >= 11 is 2.72. The molecule has 0 atom stereocenters. The SMILES string of the molecule is Cc1ccc(-c2cc(NC(=O)CSc3nc(C)c(CC(N)=O)s3)n(-c3ccccc3)n2)cc1. The number of rotatable bonds is 8. The van der Waals surface area contributed by atoms with Crippen molar-refractivity contribution >= 4 is 40.7 Å². The predicted molar refractivity (Wildman–Crippen MR) is 133 cm³/mol. The minimum absolute atomic E-state index is 0.161. The average molecular weight is 478 g/mol. The predicted octanol–water partition coefficient (Wildman–Crippen LogP) is 4.37. The summed E-state index contributed by atoms with van der Waals surface area (Å²) in [5, 5.41) is 7.71. The molecular formula is C24H23N5O2S2. The first-order valence-corrected chi connectivity index (χ1v) is 12.1. The molecule has 0 unspecified atom stereocenters. The van der Waals surface area contributed by atoms with E-state index in [0.717, 1.165) is 31.9 Å². The number of para-hydroxylation sites is 1. The summed E-state index contributed by atoms with van der Waals surface area (Å²) in [6.07, 6.45) is 0.161. The van der Waals surface area contributed by atoms with Crippen LogP contribution in [-0.2, 0) is 16.0 Å². The van der Waals surface area contributed by atoms with Gasteiger partial charge in [-0.25, -0.2) is 9.67 Å². The number of carbonyl (C=O) groups excluding carboxylic acids is 2. The summed E-state index contributed by atoms with van der Waals surface area (Å²) in [6, 6.07) is 19.7. The van der Waals surface area contributed by atoms with E-state index in [4.69, 9.17) is 10.8 Å². The second kappa shape index (κ2) is 10.0. The molecular weight excluding hydrogens is 454 g/mol. The minimum Gasteiger partial charge on any atom is -0.369 e. The molecule has 4 rings (SSSR count). The van der Waals surface area contributed by atoms with Crippen LogP contribution in [0.2, 0.25) is 0 Å². The van der Waals surface area contributed by atoms with Crippen molar-refractivity contribution in [1.29, 1.82) is 0 Å². The Labute approximate surface area is 200 Å². The number of thioether (sulfide) groups is 1. The summed E-state index contributed by atoms with van der Waals surface area (Å²) in [6.45, 7) is 3.88. The fraction of sp³-hybridized carbons (Fsp3) is 0.167. The monoisotopic (exact) mass is 477 g/mol. The number of hydrogen-bond acceptors (Lipinski definition) is 6. The van der Waals surface area contributed by atoms with Gasteiger partial charge in [0.05, 0.1) is 29.2 Å². The number of benzene rings is 2. The van der Waals surface area contributed by atoms with Crippen molar-refractivity contribution in [2.45, 2.75) is 24.6 Å². The zero-order valence-corrected chi connectivity index (χ0v) is 19.9. The van der Waals surface area contributed by atoms with Gasteiger partial charge in [-0.3, -0.25) is 9.59 Å². The first-order chi connectivity index (χ1) is 15.9. The third-order valence-corrected chi connectivity index (χ3v) is 7.16. The lowest BCUT2D eigenvalue weighted by Gasteiger charge is -2.08. The molecule has 0 aliphatic rings. The fourth-order valence-electron chi connectivity index (χ4n) is 3.19. The molecule has 33 heavy (non-hydrogen) atoms. The highest BCUT2D eigenvalue weighted by Gasteiger charge is 2.16. The maximum atomic E-state index is 12.8. The van der Waals surface area contributed by atoms with E-state index in [-0.39, 0.29) is 18.1 Å². The van der Waals surface area contributed by atoms with Gasteiger partial charge in [-0.05, 0) is 26.0 Å². The smallest absolute Gasteiger partial charge is 0.235 e. The highest BCUT2D eigenvalue weighted by atomic mass is 32.2. The van der Waals surface area contributed by atoms with E-state index in [2.05, 4.69) is 10.3 Å². The number of thiazole rings is 1. The molecule has 2 amide bonds. The van der Waals surface area contributed by atoms with E-state index in [1.165, 1.54) is 28.7 Å². The van der Waals surface area contributed by atoms with E-state index < -0.39 is 5.91 Å². The van der Waals surface area contributed by atoms with Crippen molar-refractivity contribution in [2.75, 3.05) is 11.1 Å². The molecule has 0 bridgehead atoms. The highest BCUT2D eigenvalue weighted by molar-refractivity contribution is 8.01. The molecule has 3 N–H and O–H groups in total. The van der Waals surface area contributed by atoms with E-state index >= 15 is 0 Å². The summed E-state index contributed by atoms with van der Waals surface area (Å²) in [4.78, 5) is 29.2. The topological polar surface area (TPSA) is 103 Å². The van der Waals surface area contributed by atoms with Crippen molar-refractivity contribution in [3.8, 4) is 16.9 Å². The quantitative estimate of drug-likeness (QED) is 0.367. The molecule has 0 aliphatic carbocycles. The van der Waals surface area contributed by atoms with Crippen LogP contribution in [0.5, 0.6) is 0 Å². The molecule has 168 valence electrons. The largest absolute Gasteiger partial charge is 0.369 e. The van der Waals surface area contributed by atoms with Gasteiger partial charge < -0.3 is 11.1 Å². The molecule has 2 aromatic carbocycles. The van der Waals surface area contributed by atoms with Crippen LogP contribution in [0.25, 0.3) is 16.9 Å². The molecule has 7 nitrogen and oxygen atoms in total. The Bertz CT molecular complexity index is 1280. The normalized spacial score (nSPS) is 10.8. The number of nitrogens with two attached hydrogens (primary N) is 1. The second-order valence-corrected chi connectivity index (χ2v) is 9.80. The summed E-state index contributed by atoms with van der Waals surface area (Å²) in [7, 11) is 0. The number of hydrogen-bond donors (Lipinski definition) is 2. The van der Waals surface area contributed by atoms with Crippen LogP contribution in [0.1, 0.15) is 16.1 Å². The number of aromatic nitrogens is 3. The number of anilines is 1. The van der Waals surface area contributed by atoms with Crippen molar-refractivity contribution in [3.05, 3.63) is 76.8 Å². The number of amides is 2. The molecule has 4 aromatic rings. The van der Waals surface area contributed by atoms with E-state index in [1.807, 2.05) is 74.5 Å². The average Bonchev–Trinajstić information content (AvgIpc) is 3.36. The van der Waals surface area contributed by atoms with E-state index in [9.17, 15) is 9.59 Å². The zero-order valence-electron chi connectivity index (χ0n) is 18.2. The standard InChI is InChI=1S/C24H23N5O2S2/c1-15-8-10-17(11-9-15)19-12-22(29(28-19)18-6-4-3-5-7-18)27-23(31)14-32-24-26-16(2)20(33-24)13-21(25)30/h3-12H,13-14H2,1-2H3,(H2,25,30)(H,27,31). The van der Waals surface area contributed by atoms with Gasteiger partial charge in [0, 0.05) is 16.5 Å². The number of primary amides is 1. The molecule has 0 radical (unpaired) electrons. The first-order valence-electron chi connectivity index (χ1n) is 10.3. The van der Waals surface area contributed by atoms with Crippen LogP contribution in [-0.4, -0.2) is 32.3 Å². The summed E-state index contributed by atoms with van der Waals surface area (Å²) in [5.74, 6) is 0.210. The van der Waals surface area contributed by atoms with Crippen LogP contribution in [0.3, 0.4) is 0 Å². The van der Waals surface area contributed by atoms with Crippen molar-refractivity contribution in [2.24, 2.45) is 5.73 Å². The van der Waals surface area contributed by atoms with Gasteiger partial charge in [0.1, 0.15) is 5.82 Å². The molecule has 9 heteroatoms. The van der Waals surface area contributed by atoms with E-state index in [0.29, 0.717) is 5.82 Å². The molecule has 0 saturated carbocycles. The lowest BCUT2D eigenvalue weighted by molar-refractivity contribution is -0.117. The van der Waals surface area contributed by atoms with Gasteiger partial charge in [0.25, 0.3) is 0 Å². The van der Waals surface area contributed by atoms with Gasteiger partial charge in [-0.15, -0.1) is 11.3 Å². The molecule has 0 fully saturated rings. The second-order valence-electron chi connectivity index (χ2n) is 7.50. The third kappa shape index (κ3) is 5.68. The molecule has 0 aliphatic heterocycles. The number of carbonyl (C=O) groups is 2. The summed E-state index contributed by atoms with van der Waals surface area (Å²) < 4.78 is 2.46. The van der Waals surface area contributed by atoms with Crippen LogP contribution in [0.15, 0.2) is 65.0 Å². The van der Waals surface area contributed by atoms with Crippen LogP contribution < -0.4 is 11.1 Å². The van der Waals surface area contributed by atoms with Crippen molar-refractivity contribution in [3.63, 3.8) is 0 Å². The van der Waals surface area contributed by atoms with Gasteiger partial charge >= 0.3 is 0 Å². The van der Waals surface area contributed by atoms with Gasteiger partial charge in [0.2, 0.25) is 11.8 Å². The highest BCUT2D eigenvalue weighted by Crippen LogP contribution is 2.29.